The summed E-state index contributed by atoms with van der Waals surface area (Å²) in [5.74, 6) is 0.100. The van der Waals surface area contributed by atoms with Gasteiger partial charge in [0.2, 0.25) is 0 Å². The van der Waals surface area contributed by atoms with E-state index in [1.165, 1.54) is 19.3 Å². The number of unbranched alkanes of at least 4 members (excludes halogenated alkanes) is 3. The molecule has 3 atom stereocenters. The van der Waals surface area contributed by atoms with Crippen LogP contribution in [0.2, 0.25) is 0 Å². The van der Waals surface area contributed by atoms with Crippen LogP contribution in [0.4, 0.5) is 0 Å². The Bertz CT molecular complexity index is 337. The van der Waals surface area contributed by atoms with E-state index in [-0.39, 0.29) is 5.92 Å². The van der Waals surface area contributed by atoms with Crippen LogP contribution in [0.3, 0.4) is 0 Å². The molecule has 19 heavy (non-hydrogen) atoms. The number of allylic oxidation sites excluding steroid dienone is 2. The molecule has 0 aromatic heterocycles. The van der Waals surface area contributed by atoms with Gasteiger partial charge in [0.1, 0.15) is 0 Å². The van der Waals surface area contributed by atoms with Gasteiger partial charge in [-0.15, -0.1) is 0 Å². The average molecular weight is 266 g/mol. The van der Waals surface area contributed by atoms with Crippen LogP contribution in [0.1, 0.15) is 51.9 Å². The molecular weight excluding hydrogens is 240 g/mol. The van der Waals surface area contributed by atoms with Crippen LogP contribution in [-0.2, 0) is 9.53 Å². The zero-order valence-electron chi connectivity index (χ0n) is 11.9. The molecule has 0 aliphatic heterocycles. The third-order valence-corrected chi connectivity index (χ3v) is 4.77. The molecule has 0 aromatic rings. The van der Waals surface area contributed by atoms with Crippen LogP contribution in [0.25, 0.3) is 0 Å². The highest BCUT2D eigenvalue weighted by Crippen LogP contribution is 2.54. The first-order valence-electron chi connectivity index (χ1n) is 7.68. The lowest BCUT2D eigenvalue weighted by Crippen LogP contribution is -2.36. The van der Waals surface area contributed by atoms with E-state index in [4.69, 9.17) is 4.74 Å². The second kappa shape index (κ2) is 6.56. The number of hydrogen-bond donors (Lipinski definition) is 1. The van der Waals surface area contributed by atoms with Gasteiger partial charge in [0.15, 0.2) is 0 Å². The molecule has 1 fully saturated rings. The summed E-state index contributed by atoms with van der Waals surface area (Å²) in [7, 11) is 0. The molecule has 0 radical (unpaired) electrons. The van der Waals surface area contributed by atoms with Gasteiger partial charge >= 0.3 is 5.97 Å². The highest BCUT2D eigenvalue weighted by molar-refractivity contribution is 5.76. The molecule has 108 valence electrons. The number of carbonyl (C=O) groups is 1. The molecule has 2 aliphatic rings. The maximum Gasteiger partial charge on any atom is 0.310 e. The van der Waals surface area contributed by atoms with Crippen LogP contribution in [0.15, 0.2) is 12.2 Å². The summed E-state index contributed by atoms with van der Waals surface area (Å²) in [6, 6.07) is 0. The number of fused-ring (bicyclic) bond motifs is 2. The molecule has 3 heteroatoms. The van der Waals surface area contributed by atoms with Gasteiger partial charge in [-0.2, -0.15) is 0 Å². The van der Waals surface area contributed by atoms with E-state index in [0.717, 1.165) is 25.9 Å². The van der Waals surface area contributed by atoms with Gasteiger partial charge in [-0.1, -0.05) is 38.3 Å². The number of rotatable bonds is 9. The summed E-state index contributed by atoms with van der Waals surface area (Å²) in [6.07, 6.45) is 11.6. The topological polar surface area (TPSA) is 46.5 Å². The maximum atomic E-state index is 11.6. The van der Waals surface area contributed by atoms with Gasteiger partial charge in [-0.25, -0.2) is 0 Å². The van der Waals surface area contributed by atoms with Gasteiger partial charge in [0.25, 0.3) is 0 Å². The molecule has 2 aliphatic carbocycles. The SMILES string of the molecule is CCCCCCOCCC1(C(=O)O)CC2C=CC1C2. The molecular formula is C16H26O3. The Hall–Kier alpha value is -0.830. The van der Waals surface area contributed by atoms with E-state index < -0.39 is 11.4 Å². The van der Waals surface area contributed by atoms with Crippen molar-refractivity contribution < 1.29 is 14.6 Å². The van der Waals surface area contributed by atoms with Gasteiger partial charge in [-0.05, 0) is 37.5 Å². The fourth-order valence-electron chi connectivity index (χ4n) is 3.58. The molecule has 3 nitrogen and oxygen atoms in total. The predicted molar refractivity (Wildman–Crippen MR) is 75.0 cm³/mol. The fourth-order valence-corrected chi connectivity index (χ4v) is 3.58. The number of hydrogen-bond acceptors (Lipinski definition) is 2. The quantitative estimate of drug-likeness (QED) is 0.512. The van der Waals surface area contributed by atoms with Crippen molar-refractivity contribution >= 4 is 5.97 Å². The third kappa shape index (κ3) is 3.19. The standard InChI is InChI=1S/C16H26O3/c1-2-3-4-5-9-19-10-8-16(15(17)18)12-13-6-7-14(16)11-13/h6-7,13-14H,2-5,8-12H2,1H3,(H,17,18). The van der Waals surface area contributed by atoms with Gasteiger partial charge < -0.3 is 9.84 Å². The highest BCUT2D eigenvalue weighted by atomic mass is 16.5. The van der Waals surface area contributed by atoms with Crippen molar-refractivity contribution in [3.63, 3.8) is 0 Å². The van der Waals surface area contributed by atoms with E-state index >= 15 is 0 Å². The van der Waals surface area contributed by atoms with E-state index in [0.29, 0.717) is 18.9 Å². The summed E-state index contributed by atoms with van der Waals surface area (Å²) >= 11 is 0. The second-order valence-corrected chi connectivity index (χ2v) is 6.08. The van der Waals surface area contributed by atoms with E-state index in [9.17, 15) is 9.90 Å². The molecule has 0 spiro atoms. The minimum atomic E-state index is -0.626. The fraction of sp³-hybridized carbons (Fsp3) is 0.812. The number of carboxylic acids is 1. The van der Waals surface area contributed by atoms with Crippen LogP contribution in [0, 0.1) is 17.3 Å². The van der Waals surface area contributed by atoms with Crippen molar-refractivity contribution in [1.82, 2.24) is 0 Å². The van der Waals surface area contributed by atoms with Gasteiger partial charge in [-0.3, -0.25) is 4.79 Å². The molecule has 0 aromatic carbocycles. The lowest BCUT2D eigenvalue weighted by molar-refractivity contribution is -0.152. The number of carboxylic acid groups (broad SMARTS) is 1. The van der Waals surface area contributed by atoms with Crippen LogP contribution in [-0.4, -0.2) is 24.3 Å². The first kappa shape index (κ1) is 14.6. The first-order chi connectivity index (χ1) is 9.19. The summed E-state index contributed by atoms with van der Waals surface area (Å²) in [4.78, 5) is 11.6. The van der Waals surface area contributed by atoms with Crippen molar-refractivity contribution in [2.75, 3.05) is 13.2 Å². The zero-order chi connectivity index (χ0) is 13.7. The molecule has 3 unspecified atom stereocenters. The molecule has 1 saturated carbocycles. The Morgan fingerprint density at radius 3 is 2.74 bits per heavy atom. The van der Waals surface area contributed by atoms with Crippen molar-refractivity contribution in [2.45, 2.75) is 51.9 Å². The number of aliphatic carboxylic acids is 1. The Morgan fingerprint density at radius 1 is 1.32 bits per heavy atom. The lowest BCUT2D eigenvalue weighted by atomic mass is 9.73. The predicted octanol–water partition coefficient (Wildman–Crippen LogP) is 3.64. The van der Waals surface area contributed by atoms with Crippen molar-refractivity contribution in [3.05, 3.63) is 12.2 Å². The molecule has 0 saturated heterocycles. The van der Waals surface area contributed by atoms with Crippen LogP contribution in [0.5, 0.6) is 0 Å². The number of ether oxygens (including phenoxy) is 1. The average Bonchev–Trinajstić information content (AvgIpc) is 2.98. The van der Waals surface area contributed by atoms with E-state index in [1.807, 2.05) is 0 Å². The largest absolute Gasteiger partial charge is 0.481 e. The molecule has 2 rings (SSSR count). The highest BCUT2D eigenvalue weighted by Gasteiger charge is 2.53. The Kier molecular flexibility index (Phi) is 5.03. The molecule has 2 bridgehead atoms. The zero-order valence-corrected chi connectivity index (χ0v) is 11.9. The molecule has 0 amide bonds. The van der Waals surface area contributed by atoms with Crippen molar-refractivity contribution in [2.24, 2.45) is 17.3 Å². The monoisotopic (exact) mass is 266 g/mol. The van der Waals surface area contributed by atoms with Crippen molar-refractivity contribution in [3.8, 4) is 0 Å². The molecule has 0 heterocycles. The van der Waals surface area contributed by atoms with Gasteiger partial charge in [0.05, 0.1) is 5.41 Å². The maximum absolute atomic E-state index is 11.6. The summed E-state index contributed by atoms with van der Waals surface area (Å²) in [6.45, 7) is 3.56. The van der Waals surface area contributed by atoms with Crippen LogP contribution >= 0.6 is 0 Å². The molecule has 1 N–H and O–H groups in total. The summed E-state index contributed by atoms with van der Waals surface area (Å²) in [5, 5.41) is 9.57. The normalized spacial score (nSPS) is 32.1. The Morgan fingerprint density at radius 2 is 2.16 bits per heavy atom. The van der Waals surface area contributed by atoms with E-state index in [2.05, 4.69) is 19.1 Å². The van der Waals surface area contributed by atoms with Crippen LogP contribution < -0.4 is 0 Å². The lowest BCUT2D eigenvalue weighted by Gasteiger charge is -2.31. The minimum Gasteiger partial charge on any atom is -0.481 e. The third-order valence-electron chi connectivity index (χ3n) is 4.77. The smallest absolute Gasteiger partial charge is 0.310 e. The van der Waals surface area contributed by atoms with Gasteiger partial charge in [0, 0.05) is 13.2 Å². The van der Waals surface area contributed by atoms with E-state index in [1.54, 1.807) is 0 Å². The summed E-state index contributed by atoms with van der Waals surface area (Å²) in [5.41, 5.74) is -0.539. The Labute approximate surface area is 116 Å². The second-order valence-electron chi connectivity index (χ2n) is 6.08. The van der Waals surface area contributed by atoms with Crippen molar-refractivity contribution in [1.29, 1.82) is 0 Å². The first-order valence-corrected chi connectivity index (χ1v) is 7.68. The summed E-state index contributed by atoms with van der Waals surface area (Å²) < 4.78 is 5.64. The minimum absolute atomic E-state index is 0.235. The Balaban J connectivity index is 1.71.